The number of carbonyl (C=O) groups is 3. The maximum atomic E-state index is 11.7. The van der Waals surface area contributed by atoms with Crippen LogP contribution in [0.5, 0.6) is 0 Å². The van der Waals surface area contributed by atoms with E-state index in [4.69, 9.17) is 4.74 Å². The lowest BCUT2D eigenvalue weighted by Crippen LogP contribution is -2.50. The molecule has 1 unspecified atom stereocenters. The summed E-state index contributed by atoms with van der Waals surface area (Å²) in [7, 11) is 0. The molecule has 2 aliphatic heterocycles. The van der Waals surface area contributed by atoms with Crippen molar-refractivity contribution in [3.8, 4) is 0 Å². The number of ether oxygens (including phenoxy) is 1. The number of rotatable bonds is 3. The van der Waals surface area contributed by atoms with Crippen LogP contribution in [-0.2, 0) is 14.3 Å². The van der Waals surface area contributed by atoms with Crippen LogP contribution in [0.2, 0.25) is 0 Å². The maximum Gasteiger partial charge on any atom is 0.331 e. The highest BCUT2D eigenvalue weighted by Gasteiger charge is 2.46. The first-order valence-corrected chi connectivity index (χ1v) is 6.35. The van der Waals surface area contributed by atoms with Gasteiger partial charge in [-0.25, -0.2) is 4.79 Å². The number of hydrogen-bond donors (Lipinski definition) is 1. The maximum absolute atomic E-state index is 11.7. The summed E-state index contributed by atoms with van der Waals surface area (Å²) in [6, 6.07) is -0.837. The molecule has 0 aromatic heterocycles. The molecule has 0 spiro atoms. The van der Waals surface area contributed by atoms with Crippen LogP contribution in [0.3, 0.4) is 0 Å². The van der Waals surface area contributed by atoms with Crippen LogP contribution in [0.25, 0.3) is 0 Å². The number of hydrogen-bond acceptors (Lipinski definition) is 4. The summed E-state index contributed by atoms with van der Waals surface area (Å²) in [6.07, 6.45) is 2.86. The molecule has 1 N–H and O–H groups in total. The van der Waals surface area contributed by atoms with Crippen molar-refractivity contribution in [3.63, 3.8) is 0 Å². The average Bonchev–Trinajstić information content (AvgIpc) is 2.63. The number of carbonyl (C=O) groups excluding carboxylic acids is 3. The molecule has 100 valence electrons. The Labute approximate surface area is 106 Å². The highest BCUT2D eigenvalue weighted by Crippen LogP contribution is 2.34. The Morgan fingerprint density at radius 2 is 2.00 bits per heavy atom. The molecule has 0 aliphatic carbocycles. The van der Waals surface area contributed by atoms with Gasteiger partial charge in [0.05, 0.1) is 5.60 Å². The zero-order valence-corrected chi connectivity index (χ0v) is 10.7. The van der Waals surface area contributed by atoms with Gasteiger partial charge < -0.3 is 4.74 Å². The minimum atomic E-state index is -0.829. The van der Waals surface area contributed by atoms with Crippen LogP contribution in [0.4, 0.5) is 4.79 Å². The highest BCUT2D eigenvalue weighted by atomic mass is 16.5. The molecule has 1 atom stereocenters. The van der Waals surface area contributed by atoms with Crippen LogP contribution in [0.15, 0.2) is 0 Å². The van der Waals surface area contributed by atoms with E-state index < -0.39 is 17.8 Å². The van der Waals surface area contributed by atoms with Gasteiger partial charge in [0.2, 0.25) is 0 Å². The van der Waals surface area contributed by atoms with E-state index in [1.165, 1.54) is 0 Å². The van der Waals surface area contributed by atoms with Gasteiger partial charge in [-0.3, -0.25) is 19.8 Å². The van der Waals surface area contributed by atoms with Crippen molar-refractivity contribution in [2.45, 2.75) is 51.2 Å². The Kier molecular flexibility index (Phi) is 3.38. The predicted octanol–water partition coefficient (Wildman–Crippen LogP) is 0.803. The third-order valence-electron chi connectivity index (χ3n) is 3.97. The molecule has 6 nitrogen and oxygen atoms in total. The fourth-order valence-corrected chi connectivity index (χ4v) is 2.71. The lowest BCUT2D eigenvalue weighted by atomic mass is 9.85. The van der Waals surface area contributed by atoms with Crippen LogP contribution >= 0.6 is 0 Å². The van der Waals surface area contributed by atoms with E-state index in [2.05, 4.69) is 0 Å². The Morgan fingerprint density at radius 1 is 1.33 bits per heavy atom. The molecule has 2 heterocycles. The zero-order chi connectivity index (χ0) is 13.3. The second-order valence-corrected chi connectivity index (χ2v) is 4.82. The van der Waals surface area contributed by atoms with Gasteiger partial charge >= 0.3 is 17.8 Å². The summed E-state index contributed by atoms with van der Waals surface area (Å²) < 4.78 is 5.80. The van der Waals surface area contributed by atoms with Crippen LogP contribution < -0.4 is 5.32 Å². The molecule has 18 heavy (non-hydrogen) atoms. The van der Waals surface area contributed by atoms with E-state index in [1.807, 2.05) is 19.2 Å². The van der Waals surface area contributed by atoms with Crippen molar-refractivity contribution < 1.29 is 19.1 Å². The normalized spacial score (nSPS) is 27.6. The van der Waals surface area contributed by atoms with Crippen molar-refractivity contribution in [2.75, 3.05) is 6.61 Å². The van der Waals surface area contributed by atoms with E-state index in [9.17, 15) is 14.4 Å². The Hall–Kier alpha value is -1.43. The molecule has 0 aromatic rings. The number of nitrogens with one attached hydrogen (secondary N) is 1. The molecule has 0 aromatic carbocycles. The van der Waals surface area contributed by atoms with Gasteiger partial charge in [-0.1, -0.05) is 13.8 Å². The summed E-state index contributed by atoms with van der Waals surface area (Å²) in [5.41, 5.74) is -0.283. The zero-order valence-electron chi connectivity index (χ0n) is 10.7. The van der Waals surface area contributed by atoms with Gasteiger partial charge in [0.15, 0.2) is 0 Å². The number of imide groups is 2. The first-order valence-electron chi connectivity index (χ1n) is 6.35. The van der Waals surface area contributed by atoms with Gasteiger partial charge in [0, 0.05) is 12.6 Å². The fraction of sp³-hybridized carbons (Fsp3) is 0.750. The molecule has 2 rings (SSSR count). The van der Waals surface area contributed by atoms with E-state index in [0.717, 1.165) is 17.7 Å². The third kappa shape index (κ3) is 2.01. The van der Waals surface area contributed by atoms with Crippen molar-refractivity contribution >= 4 is 17.8 Å². The topological polar surface area (TPSA) is 75.7 Å². The molecule has 0 radical (unpaired) electrons. The largest absolute Gasteiger partial charge is 0.375 e. The average molecular weight is 254 g/mol. The lowest BCUT2D eigenvalue weighted by Gasteiger charge is -2.41. The molecule has 2 fully saturated rings. The number of nitrogens with zero attached hydrogens (tertiary/aromatic N) is 1. The van der Waals surface area contributed by atoms with Gasteiger partial charge in [-0.15, -0.1) is 0 Å². The summed E-state index contributed by atoms with van der Waals surface area (Å²) in [5, 5.41) is 2.04. The Morgan fingerprint density at radius 3 is 2.50 bits per heavy atom. The van der Waals surface area contributed by atoms with E-state index in [0.29, 0.717) is 19.4 Å². The van der Waals surface area contributed by atoms with Crippen LogP contribution in [0, 0.1) is 0 Å². The summed E-state index contributed by atoms with van der Waals surface area (Å²) in [6.45, 7) is 4.57. The minimum Gasteiger partial charge on any atom is -0.375 e. The molecule has 0 bridgehead atoms. The lowest BCUT2D eigenvalue weighted by molar-refractivity contribution is -0.145. The summed E-state index contributed by atoms with van der Waals surface area (Å²) >= 11 is 0. The summed E-state index contributed by atoms with van der Waals surface area (Å²) in [5.74, 6) is -1.57. The molecular formula is C12H18N2O4. The monoisotopic (exact) mass is 254 g/mol. The van der Waals surface area contributed by atoms with E-state index in [-0.39, 0.29) is 11.6 Å². The molecule has 6 heteroatoms. The third-order valence-corrected chi connectivity index (χ3v) is 3.97. The number of amides is 4. The second-order valence-electron chi connectivity index (χ2n) is 4.82. The fourth-order valence-electron chi connectivity index (χ4n) is 2.71. The summed E-state index contributed by atoms with van der Waals surface area (Å²) in [4.78, 5) is 35.5. The molecule has 2 aliphatic rings. The van der Waals surface area contributed by atoms with Crippen molar-refractivity contribution in [1.82, 2.24) is 10.2 Å². The SMILES string of the molecule is CCC1(CC)CC(N2C(=O)NC(=O)C2=O)CCO1. The Bertz CT molecular complexity index is 390. The van der Waals surface area contributed by atoms with Crippen molar-refractivity contribution in [1.29, 1.82) is 0 Å². The minimum absolute atomic E-state index is 0.238. The first kappa shape index (κ1) is 13.0. The van der Waals surface area contributed by atoms with Crippen molar-refractivity contribution in [2.24, 2.45) is 0 Å². The molecule has 0 saturated carbocycles. The number of urea groups is 1. The molecule has 2 saturated heterocycles. The van der Waals surface area contributed by atoms with Crippen LogP contribution in [0.1, 0.15) is 39.5 Å². The first-order chi connectivity index (χ1) is 8.53. The predicted molar refractivity (Wildman–Crippen MR) is 62.7 cm³/mol. The highest BCUT2D eigenvalue weighted by molar-refractivity contribution is 6.44. The van der Waals surface area contributed by atoms with Gasteiger partial charge in [-0.2, -0.15) is 0 Å². The van der Waals surface area contributed by atoms with Gasteiger partial charge in [-0.05, 0) is 25.7 Å². The van der Waals surface area contributed by atoms with Gasteiger partial charge in [0.25, 0.3) is 0 Å². The quantitative estimate of drug-likeness (QED) is 0.597. The second kappa shape index (κ2) is 4.68. The van der Waals surface area contributed by atoms with Crippen LogP contribution in [-0.4, -0.2) is 41.0 Å². The Balaban J connectivity index is 2.16. The molecule has 4 amide bonds. The van der Waals surface area contributed by atoms with E-state index in [1.54, 1.807) is 0 Å². The standard InChI is InChI=1S/C12H18N2O4/c1-3-12(4-2)7-8(5-6-18-12)14-10(16)9(15)13-11(14)17/h8H,3-7H2,1-2H3,(H,13,15,17). The van der Waals surface area contributed by atoms with E-state index >= 15 is 0 Å². The molecular weight excluding hydrogens is 236 g/mol. The van der Waals surface area contributed by atoms with Gasteiger partial charge in [0.1, 0.15) is 0 Å². The van der Waals surface area contributed by atoms with Crippen molar-refractivity contribution in [3.05, 3.63) is 0 Å². The smallest absolute Gasteiger partial charge is 0.331 e.